The molecular weight excluding hydrogens is 725 g/mol. The van der Waals surface area contributed by atoms with Crippen LogP contribution in [0.1, 0.15) is 123 Å². The summed E-state index contributed by atoms with van der Waals surface area (Å²) >= 11 is 0. The molecule has 2 aromatic rings. The molecule has 1 N–H and O–H groups in total. The molecule has 0 unspecified atom stereocenters. The molecule has 1 heterocycles. The van der Waals surface area contributed by atoms with Crippen molar-refractivity contribution in [1.29, 1.82) is 0 Å². The highest BCUT2D eigenvalue weighted by molar-refractivity contribution is 5.95. The second-order valence-corrected chi connectivity index (χ2v) is 21.0. The Morgan fingerprint density at radius 1 is 0.828 bits per heavy atom. The number of ketones is 1. The number of nitrogens with zero attached hydrogens (tertiary/aromatic N) is 1. The molecule has 0 radical (unpaired) electrons. The Morgan fingerprint density at radius 3 is 2.12 bits per heavy atom. The third-order valence-corrected chi connectivity index (χ3v) is 17.5. The molecule has 8 heteroatoms. The van der Waals surface area contributed by atoms with Crippen molar-refractivity contribution in [2.75, 3.05) is 39.4 Å². The van der Waals surface area contributed by atoms with Gasteiger partial charge in [-0.15, -0.1) is 0 Å². The number of hydrogen-bond acceptors (Lipinski definition) is 7. The van der Waals surface area contributed by atoms with Crippen LogP contribution in [0.3, 0.4) is 0 Å². The Balaban J connectivity index is 1.02. The van der Waals surface area contributed by atoms with Crippen LogP contribution in [0.5, 0.6) is 0 Å². The van der Waals surface area contributed by atoms with E-state index in [1.165, 1.54) is 5.57 Å². The number of nitrogens with one attached hydrogen (secondary N) is 1. The van der Waals surface area contributed by atoms with Crippen LogP contribution in [-0.2, 0) is 23.8 Å². The second kappa shape index (κ2) is 15.2. The maximum absolute atomic E-state index is 15.1. The number of alkyl carbamates (subject to hydrolysis) is 1. The molecule has 1 saturated heterocycles. The average Bonchev–Trinajstić information content (AvgIpc) is 3.20. The molecule has 4 saturated carbocycles. The highest BCUT2D eigenvalue weighted by Crippen LogP contribution is 2.75. The first-order chi connectivity index (χ1) is 27.5. The van der Waals surface area contributed by atoms with Crippen molar-refractivity contribution in [2.45, 2.75) is 118 Å². The van der Waals surface area contributed by atoms with Crippen LogP contribution in [0.2, 0.25) is 0 Å². The average molecular weight is 793 g/mol. The van der Waals surface area contributed by atoms with Crippen molar-refractivity contribution in [3.63, 3.8) is 0 Å². The van der Waals surface area contributed by atoms with Crippen molar-refractivity contribution >= 4 is 17.8 Å². The first kappa shape index (κ1) is 41.3. The molecule has 8 rings (SSSR count). The van der Waals surface area contributed by atoms with Crippen molar-refractivity contribution in [1.82, 2.24) is 10.2 Å². The van der Waals surface area contributed by atoms with Crippen LogP contribution < -0.4 is 5.32 Å². The van der Waals surface area contributed by atoms with E-state index < -0.39 is 11.5 Å². The van der Waals surface area contributed by atoms with E-state index in [1.807, 2.05) is 60.7 Å². The fraction of sp³-hybridized carbons (Fsp3) is 0.660. The summed E-state index contributed by atoms with van der Waals surface area (Å²) in [5, 5.41) is 3.02. The highest BCUT2D eigenvalue weighted by Gasteiger charge is 2.70. The maximum atomic E-state index is 15.1. The lowest BCUT2D eigenvalue weighted by Crippen LogP contribution is -2.67. The Kier molecular flexibility index (Phi) is 10.8. The fourth-order valence-corrected chi connectivity index (χ4v) is 13.7. The standard InChI is InChI=1S/C50H68N2O6/c1-45(2)39-18-21-50(7)42(48(39,5)20-19-40(45)57-44(55)51-26-27-52-28-30-56-31-29-52)38(53)32-36-37-33-47(4,23-22-46(37,3)24-25-49(36,50)6)43(54)58-41(34-14-10-8-11-15-34)35-16-12-9-13-17-35/h8-17,32,37,39-42H,18-31,33H2,1-7H3,(H,51,55)/t37-,39-,40-,42+,46+,47-,48-,49+,50+/m0/s1. The number of rotatable bonds is 8. The van der Waals surface area contributed by atoms with Crippen molar-refractivity contribution in [2.24, 2.45) is 50.2 Å². The number of hydrogen-bond donors (Lipinski definition) is 1. The van der Waals surface area contributed by atoms with Crippen LogP contribution in [0.25, 0.3) is 0 Å². The lowest BCUT2D eigenvalue weighted by Gasteiger charge is -2.70. The monoisotopic (exact) mass is 793 g/mol. The zero-order valence-corrected chi connectivity index (χ0v) is 36.2. The molecular formula is C50H68N2O6. The van der Waals surface area contributed by atoms with Gasteiger partial charge in [0.1, 0.15) is 6.10 Å². The van der Waals surface area contributed by atoms with Crippen LogP contribution in [0.4, 0.5) is 4.79 Å². The minimum Gasteiger partial charge on any atom is -0.452 e. The van der Waals surface area contributed by atoms with Crippen LogP contribution in [0.15, 0.2) is 72.3 Å². The van der Waals surface area contributed by atoms with Gasteiger partial charge in [0.15, 0.2) is 11.9 Å². The van der Waals surface area contributed by atoms with E-state index in [-0.39, 0.29) is 68.8 Å². The minimum atomic E-state index is -0.674. The van der Waals surface area contributed by atoms with E-state index in [0.717, 1.165) is 95.3 Å². The van der Waals surface area contributed by atoms with Gasteiger partial charge in [0.2, 0.25) is 0 Å². The molecule has 6 aliphatic rings. The van der Waals surface area contributed by atoms with E-state index in [4.69, 9.17) is 14.2 Å². The van der Waals surface area contributed by atoms with Gasteiger partial charge in [-0.1, -0.05) is 108 Å². The number of morpholine rings is 1. The van der Waals surface area contributed by atoms with E-state index in [9.17, 15) is 9.59 Å². The topological polar surface area (TPSA) is 94.2 Å². The number of fused-ring (bicyclic) bond motifs is 7. The smallest absolute Gasteiger partial charge is 0.407 e. The first-order valence-electron chi connectivity index (χ1n) is 22.4. The normalized spacial score (nSPS) is 38.3. The first-order valence-corrected chi connectivity index (χ1v) is 22.4. The van der Waals surface area contributed by atoms with Crippen LogP contribution in [0, 0.1) is 50.2 Å². The maximum Gasteiger partial charge on any atom is 0.407 e. The van der Waals surface area contributed by atoms with E-state index in [0.29, 0.717) is 13.0 Å². The van der Waals surface area contributed by atoms with Gasteiger partial charge in [-0.25, -0.2) is 4.79 Å². The molecule has 5 fully saturated rings. The van der Waals surface area contributed by atoms with Crippen molar-refractivity contribution in [3.05, 3.63) is 83.4 Å². The fourth-order valence-electron chi connectivity index (χ4n) is 13.7. The van der Waals surface area contributed by atoms with E-state index >= 15 is 4.79 Å². The molecule has 58 heavy (non-hydrogen) atoms. The summed E-state index contributed by atoms with van der Waals surface area (Å²) in [4.78, 5) is 45.1. The molecule has 314 valence electrons. The summed E-state index contributed by atoms with van der Waals surface area (Å²) in [6, 6.07) is 20.1. The Morgan fingerprint density at radius 2 is 1.47 bits per heavy atom. The SMILES string of the molecule is CC1(C)[C@@H](OC(=O)NCCN2CCOCC2)CC[C@]2(C)[C@H]3C(=O)C=C4[C@@H]5C[C@@](C)(C(=O)OC(c6ccccc6)c6ccccc6)CC[C@]5(C)CC[C@@]4(C)[C@]3(C)CC[C@@H]12. The summed E-state index contributed by atoms with van der Waals surface area (Å²) in [6.45, 7) is 21.0. The summed E-state index contributed by atoms with van der Waals surface area (Å²) < 4.78 is 18.3. The highest BCUT2D eigenvalue weighted by atomic mass is 16.6. The summed E-state index contributed by atoms with van der Waals surface area (Å²) in [6.07, 6.45) is 9.15. The van der Waals surface area contributed by atoms with Gasteiger partial charge >= 0.3 is 12.1 Å². The van der Waals surface area contributed by atoms with Crippen LogP contribution in [-0.4, -0.2) is 68.2 Å². The van der Waals surface area contributed by atoms with Crippen molar-refractivity contribution in [3.8, 4) is 0 Å². The molecule has 1 aliphatic heterocycles. The zero-order valence-electron chi connectivity index (χ0n) is 36.2. The minimum absolute atomic E-state index is 0.0220. The Labute approximate surface area is 347 Å². The quantitative estimate of drug-likeness (QED) is 0.266. The lowest BCUT2D eigenvalue weighted by atomic mass is 9.33. The van der Waals surface area contributed by atoms with Gasteiger partial charge in [0.25, 0.3) is 0 Å². The zero-order chi connectivity index (χ0) is 41.1. The Bertz CT molecular complexity index is 1850. The number of allylic oxidation sites excluding steroid dienone is 2. The number of amides is 1. The molecule has 9 atom stereocenters. The predicted molar refractivity (Wildman–Crippen MR) is 226 cm³/mol. The summed E-state index contributed by atoms with van der Waals surface area (Å²) in [5.74, 6) is 0.372. The molecule has 8 nitrogen and oxygen atoms in total. The molecule has 1 amide bonds. The van der Waals surface area contributed by atoms with Gasteiger partial charge in [-0.05, 0) is 115 Å². The van der Waals surface area contributed by atoms with Crippen LogP contribution >= 0.6 is 0 Å². The predicted octanol–water partition coefficient (Wildman–Crippen LogP) is 9.73. The largest absolute Gasteiger partial charge is 0.452 e. The van der Waals surface area contributed by atoms with Gasteiger partial charge in [0.05, 0.1) is 18.6 Å². The molecule has 5 aliphatic carbocycles. The number of carbonyl (C=O) groups is 3. The molecule has 0 bridgehead atoms. The molecule has 0 aromatic heterocycles. The third-order valence-electron chi connectivity index (χ3n) is 17.5. The van der Waals surface area contributed by atoms with Gasteiger partial charge in [0, 0.05) is 37.5 Å². The number of ether oxygens (including phenoxy) is 3. The number of esters is 1. The van der Waals surface area contributed by atoms with Gasteiger partial charge in [-0.2, -0.15) is 0 Å². The van der Waals surface area contributed by atoms with E-state index in [1.54, 1.807) is 0 Å². The van der Waals surface area contributed by atoms with E-state index in [2.05, 4.69) is 64.8 Å². The van der Waals surface area contributed by atoms with Gasteiger partial charge < -0.3 is 19.5 Å². The second-order valence-electron chi connectivity index (χ2n) is 21.0. The number of benzene rings is 2. The van der Waals surface area contributed by atoms with Gasteiger partial charge in [-0.3, -0.25) is 14.5 Å². The summed E-state index contributed by atoms with van der Waals surface area (Å²) in [5.41, 5.74) is 1.68. The number of carbonyl (C=O) groups excluding carboxylic acids is 3. The summed E-state index contributed by atoms with van der Waals surface area (Å²) in [7, 11) is 0. The molecule has 2 aromatic carbocycles. The molecule has 0 spiro atoms. The third kappa shape index (κ3) is 6.86. The van der Waals surface area contributed by atoms with Crippen molar-refractivity contribution < 1.29 is 28.6 Å². The Hall–Kier alpha value is -3.49. The lowest BCUT2D eigenvalue weighted by molar-refractivity contribution is -0.202.